The van der Waals surface area contributed by atoms with Gasteiger partial charge in [-0.15, -0.1) is 0 Å². The topological polar surface area (TPSA) is 98.0 Å². The van der Waals surface area contributed by atoms with Crippen LogP contribution >= 0.6 is 11.6 Å². The third-order valence-electron chi connectivity index (χ3n) is 2.95. The van der Waals surface area contributed by atoms with Gasteiger partial charge in [0.25, 0.3) is 10.0 Å². The van der Waals surface area contributed by atoms with E-state index in [1.165, 1.54) is 30.5 Å². The first kappa shape index (κ1) is 14.6. The number of aromatic nitrogens is 2. The van der Waals surface area contributed by atoms with Crippen LogP contribution in [0.25, 0.3) is 11.0 Å². The van der Waals surface area contributed by atoms with Gasteiger partial charge in [-0.05, 0) is 36.4 Å². The van der Waals surface area contributed by atoms with Crippen molar-refractivity contribution in [1.29, 1.82) is 0 Å². The minimum atomic E-state index is -3.76. The van der Waals surface area contributed by atoms with Crippen LogP contribution in [0.4, 0.5) is 11.5 Å². The Morgan fingerprint density at radius 2 is 1.82 bits per heavy atom. The van der Waals surface area contributed by atoms with Gasteiger partial charge in [-0.3, -0.25) is 9.71 Å². The van der Waals surface area contributed by atoms with Crippen LogP contribution < -0.4 is 10.5 Å². The molecule has 0 aliphatic carbocycles. The molecule has 0 aliphatic heterocycles. The Balaban J connectivity index is 1.98. The average Bonchev–Trinajstić information content (AvgIpc) is 2.48. The molecule has 0 spiro atoms. The molecule has 1 heterocycles. The van der Waals surface area contributed by atoms with Crippen molar-refractivity contribution >= 4 is 44.2 Å². The van der Waals surface area contributed by atoms with Crippen molar-refractivity contribution in [3.05, 3.63) is 53.7 Å². The average molecular weight is 335 g/mol. The number of hydrogen-bond acceptors (Lipinski definition) is 5. The summed E-state index contributed by atoms with van der Waals surface area (Å²) in [7, 11) is -3.76. The van der Waals surface area contributed by atoms with E-state index in [9.17, 15) is 8.42 Å². The van der Waals surface area contributed by atoms with E-state index in [-0.39, 0.29) is 10.7 Å². The van der Waals surface area contributed by atoms with Crippen molar-refractivity contribution in [3.8, 4) is 0 Å². The van der Waals surface area contributed by atoms with Gasteiger partial charge in [0, 0.05) is 5.69 Å². The second kappa shape index (κ2) is 5.43. The van der Waals surface area contributed by atoms with E-state index in [1.807, 2.05) is 0 Å². The van der Waals surface area contributed by atoms with Gasteiger partial charge in [-0.2, -0.15) is 0 Å². The van der Waals surface area contributed by atoms with Crippen molar-refractivity contribution in [2.75, 3.05) is 10.5 Å². The number of nitrogens with two attached hydrogens (primary N) is 1. The fraction of sp³-hybridized carbons (Fsp3) is 0. The molecule has 0 saturated carbocycles. The van der Waals surface area contributed by atoms with Crippen LogP contribution in [0.5, 0.6) is 0 Å². The van der Waals surface area contributed by atoms with E-state index in [0.29, 0.717) is 21.7 Å². The smallest absolute Gasteiger partial charge is 0.263 e. The maximum Gasteiger partial charge on any atom is 0.263 e. The van der Waals surface area contributed by atoms with Crippen LogP contribution in [0, 0.1) is 0 Å². The van der Waals surface area contributed by atoms with Crippen LogP contribution in [-0.2, 0) is 10.0 Å². The summed E-state index contributed by atoms with van der Waals surface area (Å²) in [6.45, 7) is 0. The molecule has 0 atom stereocenters. The van der Waals surface area contributed by atoms with E-state index >= 15 is 0 Å². The highest BCUT2D eigenvalue weighted by molar-refractivity contribution is 7.92. The van der Waals surface area contributed by atoms with Crippen LogP contribution in [-0.4, -0.2) is 18.4 Å². The summed E-state index contributed by atoms with van der Waals surface area (Å²) in [5, 5.41) is 0.401. The Hall–Kier alpha value is -2.38. The molecule has 22 heavy (non-hydrogen) atoms. The second-order valence-corrected chi connectivity index (χ2v) is 6.63. The first-order valence-corrected chi connectivity index (χ1v) is 8.11. The van der Waals surface area contributed by atoms with Gasteiger partial charge in [0.2, 0.25) is 0 Å². The van der Waals surface area contributed by atoms with Crippen LogP contribution in [0.3, 0.4) is 0 Å². The number of nitrogens with zero attached hydrogens (tertiary/aromatic N) is 2. The second-order valence-electron chi connectivity index (χ2n) is 4.54. The van der Waals surface area contributed by atoms with Gasteiger partial charge in [0.15, 0.2) is 5.82 Å². The molecular weight excluding hydrogens is 324 g/mol. The molecule has 2 aromatic carbocycles. The molecule has 6 nitrogen and oxygen atoms in total. The molecular formula is C14H11ClN4O2S. The van der Waals surface area contributed by atoms with E-state index in [4.69, 9.17) is 17.3 Å². The lowest BCUT2D eigenvalue weighted by Gasteiger charge is -2.08. The molecule has 3 rings (SSSR count). The van der Waals surface area contributed by atoms with Gasteiger partial charge >= 0.3 is 0 Å². The summed E-state index contributed by atoms with van der Waals surface area (Å²) in [5.41, 5.74) is 7.05. The summed E-state index contributed by atoms with van der Waals surface area (Å²) in [5.74, 6) is 0.0948. The summed E-state index contributed by atoms with van der Waals surface area (Å²) in [6, 6.07) is 11.0. The number of benzene rings is 2. The predicted octanol–water partition coefficient (Wildman–Crippen LogP) is 2.67. The molecule has 112 valence electrons. The van der Waals surface area contributed by atoms with Crippen LogP contribution in [0.15, 0.2) is 53.6 Å². The lowest BCUT2D eigenvalue weighted by Crippen LogP contribution is -2.14. The lowest BCUT2D eigenvalue weighted by molar-refractivity contribution is 0.601. The van der Waals surface area contributed by atoms with Gasteiger partial charge in [-0.1, -0.05) is 17.7 Å². The number of nitrogen functional groups attached to an aromatic ring is 1. The maximum absolute atomic E-state index is 12.3. The molecule has 0 fully saturated rings. The number of nitrogens with one attached hydrogen (secondary N) is 1. The van der Waals surface area contributed by atoms with Gasteiger partial charge in [-0.25, -0.2) is 13.4 Å². The summed E-state index contributed by atoms with van der Waals surface area (Å²) < 4.78 is 26.9. The lowest BCUT2D eigenvalue weighted by atomic mass is 10.3. The fourth-order valence-electron chi connectivity index (χ4n) is 1.89. The fourth-order valence-corrected chi connectivity index (χ4v) is 3.09. The maximum atomic E-state index is 12.3. The van der Waals surface area contributed by atoms with Gasteiger partial charge in [0.1, 0.15) is 5.52 Å². The summed E-state index contributed by atoms with van der Waals surface area (Å²) >= 11 is 6.04. The quantitative estimate of drug-likeness (QED) is 0.717. The predicted molar refractivity (Wildman–Crippen MR) is 86.2 cm³/mol. The number of hydrogen-bond donors (Lipinski definition) is 2. The van der Waals surface area contributed by atoms with Gasteiger partial charge < -0.3 is 5.73 Å². The van der Waals surface area contributed by atoms with Crippen molar-refractivity contribution < 1.29 is 8.42 Å². The largest absolute Gasteiger partial charge is 0.399 e. The van der Waals surface area contributed by atoms with Crippen molar-refractivity contribution in [2.24, 2.45) is 0 Å². The molecule has 0 amide bonds. The molecule has 8 heteroatoms. The molecule has 0 unspecified atom stereocenters. The zero-order chi connectivity index (χ0) is 15.7. The molecule has 0 aliphatic rings. The standard InChI is InChI=1S/C14H11ClN4O2S/c15-11-2-1-3-12-14(11)18-13(8-17-12)19-22(20,21)10-6-4-9(16)5-7-10/h1-8H,16H2,(H,18,19). The van der Waals surface area contributed by atoms with E-state index in [2.05, 4.69) is 14.7 Å². The Kier molecular flexibility index (Phi) is 3.59. The van der Waals surface area contributed by atoms with Crippen molar-refractivity contribution in [2.45, 2.75) is 4.90 Å². The molecule has 0 saturated heterocycles. The van der Waals surface area contributed by atoms with Crippen molar-refractivity contribution in [1.82, 2.24) is 9.97 Å². The van der Waals surface area contributed by atoms with E-state index in [0.717, 1.165) is 0 Å². The molecule has 1 aromatic heterocycles. The van der Waals surface area contributed by atoms with Crippen LogP contribution in [0.1, 0.15) is 0 Å². The monoisotopic (exact) mass is 334 g/mol. The minimum absolute atomic E-state index is 0.0859. The molecule has 3 N–H and O–H groups in total. The highest BCUT2D eigenvalue weighted by atomic mass is 35.5. The Morgan fingerprint density at radius 3 is 2.55 bits per heavy atom. The third kappa shape index (κ3) is 2.81. The van der Waals surface area contributed by atoms with Crippen molar-refractivity contribution in [3.63, 3.8) is 0 Å². The highest BCUT2D eigenvalue weighted by Crippen LogP contribution is 2.22. The zero-order valence-corrected chi connectivity index (χ0v) is 12.8. The van der Waals surface area contributed by atoms with Gasteiger partial charge in [0.05, 0.1) is 21.6 Å². The Morgan fingerprint density at radius 1 is 1.09 bits per heavy atom. The third-order valence-corrected chi connectivity index (χ3v) is 4.63. The SMILES string of the molecule is Nc1ccc(S(=O)(=O)Nc2cnc3cccc(Cl)c3n2)cc1. The summed E-state index contributed by atoms with van der Waals surface area (Å²) in [6.07, 6.45) is 1.34. The number of sulfonamides is 1. The zero-order valence-electron chi connectivity index (χ0n) is 11.2. The number of para-hydroxylation sites is 1. The molecule has 0 bridgehead atoms. The Bertz CT molecular complexity index is 943. The summed E-state index contributed by atoms with van der Waals surface area (Å²) in [4.78, 5) is 8.42. The van der Waals surface area contributed by atoms with E-state index in [1.54, 1.807) is 18.2 Å². The normalized spacial score (nSPS) is 11.5. The number of anilines is 2. The Labute approximate surface area is 132 Å². The number of fused-ring (bicyclic) bond motifs is 1. The molecule has 0 radical (unpaired) electrons. The molecule has 3 aromatic rings. The first-order chi connectivity index (χ1) is 10.5. The highest BCUT2D eigenvalue weighted by Gasteiger charge is 2.15. The number of rotatable bonds is 3. The first-order valence-electron chi connectivity index (χ1n) is 6.25. The number of halogens is 1. The van der Waals surface area contributed by atoms with E-state index < -0.39 is 10.0 Å². The van der Waals surface area contributed by atoms with Crippen LogP contribution in [0.2, 0.25) is 5.02 Å². The minimum Gasteiger partial charge on any atom is -0.399 e.